The lowest BCUT2D eigenvalue weighted by atomic mass is 10.2. The minimum Gasteiger partial charge on any atom is -0.264 e. The van der Waals surface area contributed by atoms with Crippen molar-refractivity contribution in [2.75, 3.05) is 0 Å². The lowest BCUT2D eigenvalue weighted by molar-refractivity contribution is 0.648. The lowest BCUT2D eigenvalue weighted by Gasteiger charge is -1.98. The van der Waals surface area contributed by atoms with Crippen LogP contribution >= 0.6 is 11.3 Å². The second kappa shape index (κ2) is 6.33. The first-order chi connectivity index (χ1) is 11.8. The Balaban J connectivity index is 1.51. The van der Waals surface area contributed by atoms with Gasteiger partial charge < -0.3 is 0 Å². The molecule has 0 radical (unpaired) electrons. The first-order valence-electron chi connectivity index (χ1n) is 7.60. The van der Waals surface area contributed by atoms with Crippen molar-refractivity contribution in [2.24, 2.45) is 0 Å². The van der Waals surface area contributed by atoms with Gasteiger partial charge in [0, 0.05) is 12.4 Å². The van der Waals surface area contributed by atoms with Gasteiger partial charge >= 0.3 is 0 Å². The predicted molar refractivity (Wildman–Crippen MR) is 96.6 cm³/mol. The third kappa shape index (κ3) is 3.23. The van der Waals surface area contributed by atoms with Crippen molar-refractivity contribution < 1.29 is 0 Å². The number of aromatic nitrogens is 5. The Morgan fingerprint density at radius 2 is 2.17 bits per heavy atom. The number of rotatable bonds is 4. The van der Waals surface area contributed by atoms with E-state index in [-0.39, 0.29) is 0 Å². The van der Waals surface area contributed by atoms with Crippen LogP contribution in [0.25, 0.3) is 22.4 Å². The number of thiazole rings is 1. The number of aryl methyl sites for hydroxylation is 1. The smallest absolute Gasteiger partial charge is 0.117 e. The monoisotopic (exact) mass is 333 g/mol. The van der Waals surface area contributed by atoms with E-state index in [2.05, 4.69) is 45.4 Å². The van der Waals surface area contributed by atoms with Gasteiger partial charge in [0.2, 0.25) is 0 Å². The van der Waals surface area contributed by atoms with E-state index in [0.29, 0.717) is 6.54 Å². The summed E-state index contributed by atoms with van der Waals surface area (Å²) in [6, 6.07) is 10.3. The van der Waals surface area contributed by atoms with Gasteiger partial charge in [-0.1, -0.05) is 17.3 Å². The Morgan fingerprint density at radius 1 is 1.21 bits per heavy atom. The fourth-order valence-corrected chi connectivity index (χ4v) is 3.28. The zero-order valence-corrected chi connectivity index (χ0v) is 13.9. The predicted octanol–water partition coefficient (Wildman–Crippen LogP) is 3.81. The van der Waals surface area contributed by atoms with E-state index in [1.165, 1.54) is 10.3 Å². The Bertz CT molecular complexity index is 1000. The second-order valence-corrected chi connectivity index (χ2v) is 6.62. The molecule has 0 unspecified atom stereocenters. The summed E-state index contributed by atoms with van der Waals surface area (Å²) in [4.78, 5) is 8.74. The molecule has 0 spiro atoms. The van der Waals surface area contributed by atoms with Gasteiger partial charge in [-0.2, -0.15) is 0 Å². The van der Waals surface area contributed by atoms with Gasteiger partial charge in [0.05, 0.1) is 23.0 Å². The largest absolute Gasteiger partial charge is 0.264 e. The van der Waals surface area contributed by atoms with E-state index < -0.39 is 0 Å². The Kier molecular flexibility index (Phi) is 3.88. The topological polar surface area (TPSA) is 56.5 Å². The molecule has 0 aliphatic carbocycles. The average Bonchev–Trinajstić information content (AvgIpc) is 3.20. The van der Waals surface area contributed by atoms with Gasteiger partial charge in [0.15, 0.2) is 0 Å². The molecule has 4 aromatic rings. The van der Waals surface area contributed by atoms with Crippen LogP contribution in [0, 0.1) is 6.92 Å². The number of hydrogen-bond donors (Lipinski definition) is 0. The Labute approximate surface area is 143 Å². The highest BCUT2D eigenvalue weighted by Crippen LogP contribution is 2.24. The van der Waals surface area contributed by atoms with E-state index in [1.807, 2.05) is 36.7 Å². The van der Waals surface area contributed by atoms with Crippen LogP contribution in [0.2, 0.25) is 0 Å². The van der Waals surface area contributed by atoms with Crippen LogP contribution in [-0.4, -0.2) is 25.0 Å². The van der Waals surface area contributed by atoms with Crippen molar-refractivity contribution >= 4 is 33.7 Å². The van der Waals surface area contributed by atoms with Crippen molar-refractivity contribution in [2.45, 2.75) is 13.5 Å². The summed E-state index contributed by atoms with van der Waals surface area (Å²) in [7, 11) is 0. The Hall–Kier alpha value is -2.86. The van der Waals surface area contributed by atoms with Crippen LogP contribution in [0.4, 0.5) is 0 Å². The number of fused-ring (bicyclic) bond motifs is 1. The van der Waals surface area contributed by atoms with Crippen molar-refractivity contribution in [1.82, 2.24) is 25.0 Å². The first-order valence-corrected chi connectivity index (χ1v) is 8.42. The maximum Gasteiger partial charge on any atom is 0.117 e. The summed E-state index contributed by atoms with van der Waals surface area (Å²) >= 11 is 1.67. The zero-order valence-electron chi connectivity index (χ0n) is 13.1. The maximum atomic E-state index is 4.63. The summed E-state index contributed by atoms with van der Waals surface area (Å²) in [5.74, 6) is 0. The van der Waals surface area contributed by atoms with E-state index in [1.54, 1.807) is 22.2 Å². The van der Waals surface area contributed by atoms with E-state index in [9.17, 15) is 0 Å². The highest BCUT2D eigenvalue weighted by Gasteiger charge is 2.02. The third-order valence-electron chi connectivity index (χ3n) is 3.58. The molecule has 0 saturated carbocycles. The van der Waals surface area contributed by atoms with Gasteiger partial charge in [-0.25, -0.2) is 9.67 Å². The number of hydrogen-bond acceptors (Lipinski definition) is 5. The molecule has 24 heavy (non-hydrogen) atoms. The molecule has 0 aliphatic rings. The van der Waals surface area contributed by atoms with Crippen molar-refractivity contribution in [3.63, 3.8) is 0 Å². The molecule has 3 aromatic heterocycles. The average molecular weight is 333 g/mol. The minimum atomic E-state index is 0.662. The van der Waals surface area contributed by atoms with Gasteiger partial charge in [0.25, 0.3) is 0 Å². The molecule has 0 amide bonds. The van der Waals surface area contributed by atoms with Gasteiger partial charge in [-0.05, 0) is 48.4 Å². The molecule has 0 fully saturated rings. The normalized spacial score (nSPS) is 11.5. The second-order valence-electron chi connectivity index (χ2n) is 5.56. The summed E-state index contributed by atoms with van der Waals surface area (Å²) in [6.45, 7) is 2.74. The van der Waals surface area contributed by atoms with Crippen molar-refractivity contribution in [3.05, 3.63) is 70.8 Å². The molecule has 6 heteroatoms. The molecule has 0 aliphatic heterocycles. The first kappa shape index (κ1) is 14.7. The summed E-state index contributed by atoms with van der Waals surface area (Å²) in [5.41, 5.74) is 4.18. The molecule has 0 N–H and O–H groups in total. The summed E-state index contributed by atoms with van der Waals surface area (Å²) in [6.07, 6.45) is 9.44. The number of pyridine rings is 1. The fourth-order valence-electron chi connectivity index (χ4n) is 2.43. The molecular weight excluding hydrogens is 318 g/mol. The molecule has 3 heterocycles. The van der Waals surface area contributed by atoms with Crippen LogP contribution < -0.4 is 0 Å². The fraction of sp³-hybridized carbons (Fsp3) is 0.111. The summed E-state index contributed by atoms with van der Waals surface area (Å²) in [5, 5.41) is 9.30. The molecule has 4 rings (SSSR count). The Morgan fingerprint density at radius 3 is 3.04 bits per heavy atom. The van der Waals surface area contributed by atoms with Crippen molar-refractivity contribution in [1.29, 1.82) is 0 Å². The van der Waals surface area contributed by atoms with Crippen LogP contribution in [0.15, 0.2) is 48.9 Å². The van der Waals surface area contributed by atoms with Crippen LogP contribution in [0.5, 0.6) is 0 Å². The molecule has 0 saturated heterocycles. The lowest BCUT2D eigenvalue weighted by Crippen LogP contribution is -2.00. The van der Waals surface area contributed by atoms with E-state index in [0.717, 1.165) is 21.8 Å². The van der Waals surface area contributed by atoms with E-state index >= 15 is 0 Å². The molecule has 0 atom stereocenters. The highest BCUT2D eigenvalue weighted by atomic mass is 32.1. The third-order valence-corrected chi connectivity index (χ3v) is 4.58. The van der Waals surface area contributed by atoms with Crippen LogP contribution in [-0.2, 0) is 6.54 Å². The van der Waals surface area contributed by atoms with E-state index in [4.69, 9.17) is 0 Å². The zero-order chi connectivity index (χ0) is 16.4. The van der Waals surface area contributed by atoms with Crippen LogP contribution in [0.1, 0.15) is 21.8 Å². The number of benzene rings is 1. The van der Waals surface area contributed by atoms with Gasteiger partial charge in [-0.3, -0.25) is 4.98 Å². The standard InChI is InChI=1S/C18H15N5S/c1-13-4-6-17-16(9-13)20-18(24-17)7-5-15-12-23(22-21-15)11-14-3-2-8-19-10-14/h2-10,12H,11H2,1H3. The molecule has 0 bridgehead atoms. The van der Waals surface area contributed by atoms with Crippen molar-refractivity contribution in [3.8, 4) is 0 Å². The summed E-state index contributed by atoms with van der Waals surface area (Å²) < 4.78 is 3.00. The SMILES string of the molecule is Cc1ccc2sc(C=Cc3cn(Cc4cccnc4)nn3)nc2c1. The maximum absolute atomic E-state index is 4.63. The van der Waals surface area contributed by atoms with Gasteiger partial charge in [-0.15, -0.1) is 16.4 Å². The number of nitrogens with zero attached hydrogens (tertiary/aromatic N) is 5. The molecule has 5 nitrogen and oxygen atoms in total. The molecule has 118 valence electrons. The van der Waals surface area contributed by atoms with Gasteiger partial charge in [0.1, 0.15) is 10.7 Å². The minimum absolute atomic E-state index is 0.662. The quantitative estimate of drug-likeness (QED) is 0.570. The molecule has 1 aromatic carbocycles. The molecular formula is C18H15N5S. The van der Waals surface area contributed by atoms with Crippen LogP contribution in [0.3, 0.4) is 0 Å². The highest BCUT2D eigenvalue weighted by molar-refractivity contribution is 7.19.